The number of halogens is 1. The average Bonchev–Trinajstić information content (AvgIpc) is 2.70. The Morgan fingerprint density at radius 3 is 2.50 bits per heavy atom. The highest BCUT2D eigenvalue weighted by Gasteiger charge is 2.16. The van der Waals surface area contributed by atoms with Gasteiger partial charge in [0.25, 0.3) is 5.91 Å². The van der Waals surface area contributed by atoms with Gasteiger partial charge in [0.05, 0.1) is 28.6 Å². The summed E-state index contributed by atoms with van der Waals surface area (Å²) in [7, 11) is 0. The fourth-order valence-corrected chi connectivity index (χ4v) is 2.41. The van der Waals surface area contributed by atoms with Gasteiger partial charge in [0.2, 0.25) is 0 Å². The molecule has 0 spiro atoms. The van der Waals surface area contributed by atoms with Gasteiger partial charge < -0.3 is 15.4 Å². The van der Waals surface area contributed by atoms with Crippen LogP contribution in [0.15, 0.2) is 60.3 Å². The summed E-state index contributed by atoms with van der Waals surface area (Å²) in [5.74, 6) is -1.18. The number of benzene rings is 2. The predicted molar refractivity (Wildman–Crippen MR) is 109 cm³/mol. The topological polar surface area (TPSA) is 91.2 Å². The van der Waals surface area contributed by atoms with Gasteiger partial charge in [0.1, 0.15) is 11.6 Å². The SMILES string of the molecule is CCCCOC(=O)c1ccccc1NC(=O)/C(C#N)=C\Nc1ccccc1Cl. The first-order chi connectivity index (χ1) is 13.6. The van der Waals surface area contributed by atoms with Crippen molar-refractivity contribution in [2.24, 2.45) is 0 Å². The maximum absolute atomic E-state index is 12.5. The number of nitriles is 1. The molecule has 0 aromatic heterocycles. The summed E-state index contributed by atoms with van der Waals surface area (Å²) in [6.45, 7) is 2.30. The summed E-state index contributed by atoms with van der Waals surface area (Å²) in [5.41, 5.74) is 0.884. The maximum Gasteiger partial charge on any atom is 0.340 e. The summed E-state index contributed by atoms with van der Waals surface area (Å²) in [5, 5.41) is 15.2. The Bertz CT molecular complexity index is 919. The highest BCUT2D eigenvalue weighted by Crippen LogP contribution is 2.21. The standard InChI is InChI=1S/C21H20ClN3O3/c1-2-3-12-28-21(27)16-8-4-6-10-18(16)25-20(26)15(13-23)14-24-19-11-7-5-9-17(19)22/h4-11,14,24H,2-3,12H2,1H3,(H,25,26)/b15-14-. The van der Waals surface area contributed by atoms with Crippen LogP contribution in [0.1, 0.15) is 30.1 Å². The number of nitrogens with zero attached hydrogens (tertiary/aromatic N) is 1. The number of unbranched alkanes of at least 4 members (excludes halogenated alkanes) is 1. The molecule has 2 aromatic carbocycles. The fraction of sp³-hybridized carbons (Fsp3) is 0.190. The smallest absolute Gasteiger partial charge is 0.340 e. The summed E-state index contributed by atoms with van der Waals surface area (Å²) in [6, 6.07) is 15.3. The zero-order valence-corrected chi connectivity index (χ0v) is 16.1. The number of esters is 1. The first-order valence-corrected chi connectivity index (χ1v) is 9.13. The van der Waals surface area contributed by atoms with Crippen molar-refractivity contribution >= 4 is 34.9 Å². The first-order valence-electron chi connectivity index (χ1n) is 8.75. The highest BCUT2D eigenvalue weighted by molar-refractivity contribution is 6.33. The van der Waals surface area contributed by atoms with Crippen LogP contribution in [0.5, 0.6) is 0 Å². The number of para-hydroxylation sites is 2. The minimum atomic E-state index is -0.657. The van der Waals surface area contributed by atoms with Gasteiger partial charge in [-0.1, -0.05) is 49.2 Å². The van der Waals surface area contributed by atoms with E-state index in [1.54, 1.807) is 48.5 Å². The summed E-state index contributed by atoms with van der Waals surface area (Å²) in [4.78, 5) is 24.7. The van der Waals surface area contributed by atoms with E-state index in [9.17, 15) is 14.9 Å². The van der Waals surface area contributed by atoms with Gasteiger partial charge in [0.15, 0.2) is 0 Å². The predicted octanol–water partition coefficient (Wildman–Crippen LogP) is 4.75. The molecule has 0 fully saturated rings. The van der Waals surface area contributed by atoms with Crippen molar-refractivity contribution in [3.63, 3.8) is 0 Å². The van der Waals surface area contributed by atoms with Crippen LogP contribution in [0.3, 0.4) is 0 Å². The molecule has 2 aromatic rings. The number of hydrogen-bond donors (Lipinski definition) is 2. The number of rotatable bonds is 8. The van der Waals surface area contributed by atoms with Crippen LogP contribution < -0.4 is 10.6 Å². The molecule has 0 atom stereocenters. The van der Waals surface area contributed by atoms with Gasteiger partial charge in [-0.05, 0) is 30.7 Å². The van der Waals surface area contributed by atoms with Crippen LogP contribution in [0.25, 0.3) is 0 Å². The summed E-state index contributed by atoms with van der Waals surface area (Å²) in [6.07, 6.45) is 2.93. The Morgan fingerprint density at radius 1 is 1.14 bits per heavy atom. The molecule has 6 nitrogen and oxygen atoms in total. The molecule has 144 valence electrons. The number of hydrogen-bond acceptors (Lipinski definition) is 5. The quantitative estimate of drug-likeness (QED) is 0.290. The maximum atomic E-state index is 12.5. The second-order valence-corrected chi connectivity index (χ2v) is 6.19. The van der Waals surface area contributed by atoms with Gasteiger partial charge in [0, 0.05) is 6.20 Å². The zero-order valence-electron chi connectivity index (χ0n) is 15.4. The molecule has 0 unspecified atom stereocenters. The van der Waals surface area contributed by atoms with Crippen LogP contribution in [-0.4, -0.2) is 18.5 Å². The molecule has 0 bridgehead atoms. The van der Waals surface area contributed by atoms with E-state index in [4.69, 9.17) is 16.3 Å². The molecule has 0 aliphatic heterocycles. The zero-order chi connectivity index (χ0) is 20.4. The van der Waals surface area contributed by atoms with Crippen LogP contribution in [0.4, 0.5) is 11.4 Å². The second-order valence-electron chi connectivity index (χ2n) is 5.78. The normalized spacial score (nSPS) is 10.7. The Labute approximate surface area is 168 Å². The van der Waals surface area contributed by atoms with E-state index in [0.29, 0.717) is 17.3 Å². The van der Waals surface area contributed by atoms with Gasteiger partial charge in [-0.15, -0.1) is 0 Å². The lowest BCUT2D eigenvalue weighted by atomic mass is 10.1. The van der Waals surface area contributed by atoms with Gasteiger partial charge >= 0.3 is 5.97 Å². The monoisotopic (exact) mass is 397 g/mol. The van der Waals surface area contributed by atoms with Crippen LogP contribution in [0, 0.1) is 11.3 Å². The molecule has 0 saturated carbocycles. The molecule has 0 aliphatic carbocycles. The molecular weight excluding hydrogens is 378 g/mol. The van der Waals surface area contributed by atoms with E-state index in [1.165, 1.54) is 6.20 Å². The lowest BCUT2D eigenvalue weighted by Crippen LogP contribution is -2.18. The van der Waals surface area contributed by atoms with Crippen molar-refractivity contribution in [2.45, 2.75) is 19.8 Å². The lowest BCUT2D eigenvalue weighted by molar-refractivity contribution is -0.112. The number of nitrogens with one attached hydrogen (secondary N) is 2. The van der Waals surface area contributed by atoms with Gasteiger partial charge in [-0.3, -0.25) is 4.79 Å². The number of anilines is 2. The van der Waals surface area contributed by atoms with E-state index in [1.807, 2.05) is 13.0 Å². The van der Waals surface area contributed by atoms with Crippen molar-refractivity contribution in [1.82, 2.24) is 0 Å². The first kappa shape index (κ1) is 21.0. The van der Waals surface area contributed by atoms with Crippen LogP contribution in [-0.2, 0) is 9.53 Å². The minimum absolute atomic E-state index is 0.172. The summed E-state index contributed by atoms with van der Waals surface area (Å²) < 4.78 is 5.20. The van der Waals surface area contributed by atoms with Gasteiger partial charge in [-0.25, -0.2) is 4.79 Å². The number of carbonyl (C=O) groups is 2. The Hall–Kier alpha value is -3.30. The highest BCUT2D eigenvalue weighted by atomic mass is 35.5. The largest absolute Gasteiger partial charge is 0.462 e. The molecule has 0 saturated heterocycles. The molecule has 2 rings (SSSR count). The molecule has 0 aliphatic rings. The Balaban J connectivity index is 2.12. The average molecular weight is 398 g/mol. The van der Waals surface area contributed by atoms with Gasteiger partial charge in [-0.2, -0.15) is 5.26 Å². The van der Waals surface area contributed by atoms with E-state index in [0.717, 1.165) is 12.8 Å². The molecule has 7 heteroatoms. The van der Waals surface area contributed by atoms with Crippen molar-refractivity contribution in [1.29, 1.82) is 5.26 Å². The molecule has 2 N–H and O–H groups in total. The number of amides is 1. The number of ether oxygens (including phenoxy) is 1. The molecule has 0 radical (unpaired) electrons. The van der Waals surface area contributed by atoms with E-state index < -0.39 is 11.9 Å². The molecule has 0 heterocycles. The van der Waals surface area contributed by atoms with Crippen molar-refractivity contribution in [3.05, 3.63) is 70.9 Å². The fourth-order valence-electron chi connectivity index (χ4n) is 2.22. The lowest BCUT2D eigenvalue weighted by Gasteiger charge is -2.11. The number of carbonyl (C=O) groups excluding carboxylic acids is 2. The van der Waals surface area contributed by atoms with Crippen LogP contribution in [0.2, 0.25) is 5.02 Å². The minimum Gasteiger partial charge on any atom is -0.462 e. The van der Waals surface area contributed by atoms with Crippen molar-refractivity contribution < 1.29 is 14.3 Å². The van der Waals surface area contributed by atoms with E-state index in [2.05, 4.69) is 10.6 Å². The van der Waals surface area contributed by atoms with Crippen LogP contribution >= 0.6 is 11.6 Å². The molecular formula is C21H20ClN3O3. The van der Waals surface area contributed by atoms with E-state index in [-0.39, 0.29) is 16.8 Å². The Kier molecular flexibility index (Phi) is 8.07. The van der Waals surface area contributed by atoms with Crippen molar-refractivity contribution in [3.8, 4) is 6.07 Å². The second kappa shape index (κ2) is 10.8. The molecule has 1 amide bonds. The third kappa shape index (κ3) is 5.86. The van der Waals surface area contributed by atoms with E-state index >= 15 is 0 Å². The third-order valence-corrected chi connectivity index (χ3v) is 4.07. The summed E-state index contributed by atoms with van der Waals surface area (Å²) >= 11 is 6.04. The van der Waals surface area contributed by atoms with Crippen molar-refractivity contribution in [2.75, 3.05) is 17.2 Å². The molecule has 28 heavy (non-hydrogen) atoms. The Morgan fingerprint density at radius 2 is 1.82 bits per heavy atom. The third-order valence-electron chi connectivity index (χ3n) is 3.74.